The van der Waals surface area contributed by atoms with Crippen molar-refractivity contribution < 1.29 is 9.53 Å². The minimum Gasteiger partial charge on any atom is -0.461 e. The molecule has 1 N–H and O–H groups in total. The zero-order valence-electron chi connectivity index (χ0n) is 15.2. The summed E-state index contributed by atoms with van der Waals surface area (Å²) in [5.41, 5.74) is 3.00. The van der Waals surface area contributed by atoms with Crippen LogP contribution in [-0.4, -0.2) is 23.6 Å². The lowest BCUT2D eigenvalue weighted by molar-refractivity contribution is -0.145. The minimum absolute atomic E-state index is 0.0241. The van der Waals surface area contributed by atoms with Crippen LogP contribution in [0.1, 0.15) is 45.1 Å². The number of carbonyl (C=O) groups is 1. The Hall–Kier alpha value is -1.68. The van der Waals surface area contributed by atoms with Gasteiger partial charge in [-0.2, -0.15) is 0 Å². The molecule has 0 spiro atoms. The molecule has 1 aromatic rings. The Morgan fingerprint density at radius 1 is 1.36 bits per heavy atom. The highest BCUT2D eigenvalue weighted by Gasteiger charge is 2.51. The van der Waals surface area contributed by atoms with E-state index in [0.29, 0.717) is 12.5 Å². The van der Waals surface area contributed by atoms with Gasteiger partial charge in [-0.1, -0.05) is 31.9 Å². The van der Waals surface area contributed by atoms with E-state index in [2.05, 4.69) is 30.2 Å². The Kier molecular flexibility index (Phi) is 4.40. The van der Waals surface area contributed by atoms with Gasteiger partial charge < -0.3 is 10.1 Å². The first-order valence-corrected chi connectivity index (χ1v) is 9.59. The van der Waals surface area contributed by atoms with Crippen molar-refractivity contribution in [2.75, 3.05) is 6.54 Å². The van der Waals surface area contributed by atoms with Gasteiger partial charge in [0.2, 0.25) is 0 Å². The highest BCUT2D eigenvalue weighted by molar-refractivity contribution is 5.76. The van der Waals surface area contributed by atoms with E-state index >= 15 is 0 Å². The molecule has 0 bridgehead atoms. The highest BCUT2D eigenvalue weighted by atomic mass is 16.6. The molecule has 1 saturated heterocycles. The number of aromatic nitrogens is 1. The summed E-state index contributed by atoms with van der Waals surface area (Å²) in [6.45, 7) is 6.15. The van der Waals surface area contributed by atoms with Gasteiger partial charge in [-0.05, 0) is 48.3 Å². The number of esters is 1. The summed E-state index contributed by atoms with van der Waals surface area (Å²) in [7, 11) is 0. The monoisotopic (exact) mass is 340 g/mol. The summed E-state index contributed by atoms with van der Waals surface area (Å²) in [5, 5.41) is 3.44. The summed E-state index contributed by atoms with van der Waals surface area (Å²) in [6, 6.07) is 4.00. The van der Waals surface area contributed by atoms with Gasteiger partial charge in [0, 0.05) is 31.4 Å². The van der Waals surface area contributed by atoms with Gasteiger partial charge in [0.05, 0.1) is 5.92 Å². The number of nitrogens with one attached hydrogen (secondary N) is 1. The van der Waals surface area contributed by atoms with Gasteiger partial charge in [0.15, 0.2) is 0 Å². The normalized spacial score (nSPS) is 37.0. The van der Waals surface area contributed by atoms with E-state index in [1.807, 2.05) is 12.1 Å². The lowest BCUT2D eigenvalue weighted by Crippen LogP contribution is -2.40. The molecule has 5 atom stereocenters. The van der Waals surface area contributed by atoms with Crippen molar-refractivity contribution in [3.63, 3.8) is 0 Å². The number of ether oxygens (including phenoxy) is 1. The van der Waals surface area contributed by atoms with Crippen LogP contribution in [-0.2, 0) is 16.1 Å². The molecule has 1 saturated carbocycles. The number of nitrogens with zero attached hydrogens (tertiary/aromatic N) is 1. The van der Waals surface area contributed by atoms with Crippen LogP contribution in [0.3, 0.4) is 0 Å². The fourth-order valence-electron chi connectivity index (χ4n) is 5.15. The maximum Gasteiger partial charge on any atom is 0.311 e. The van der Waals surface area contributed by atoms with Crippen molar-refractivity contribution in [3.8, 4) is 0 Å². The second-order valence-corrected chi connectivity index (χ2v) is 8.33. The maximum atomic E-state index is 12.5. The Labute approximate surface area is 150 Å². The van der Waals surface area contributed by atoms with Crippen LogP contribution in [0.25, 0.3) is 0 Å². The van der Waals surface area contributed by atoms with E-state index in [1.54, 1.807) is 18.0 Å². The van der Waals surface area contributed by atoms with E-state index < -0.39 is 0 Å². The number of pyridine rings is 1. The summed E-state index contributed by atoms with van der Waals surface area (Å²) < 4.78 is 5.80. The molecule has 134 valence electrons. The zero-order valence-corrected chi connectivity index (χ0v) is 15.2. The summed E-state index contributed by atoms with van der Waals surface area (Å²) >= 11 is 0. The molecule has 4 rings (SSSR count). The number of fused-ring (bicyclic) bond motifs is 2. The van der Waals surface area contributed by atoms with Gasteiger partial charge >= 0.3 is 5.97 Å². The predicted octanol–water partition coefficient (Wildman–Crippen LogP) is 3.49. The van der Waals surface area contributed by atoms with Crippen molar-refractivity contribution in [3.05, 3.63) is 41.7 Å². The first-order valence-electron chi connectivity index (χ1n) is 9.59. The largest absolute Gasteiger partial charge is 0.461 e. The molecule has 4 nitrogen and oxygen atoms in total. The van der Waals surface area contributed by atoms with Crippen LogP contribution in [0.15, 0.2) is 36.2 Å². The van der Waals surface area contributed by atoms with Gasteiger partial charge in [-0.25, -0.2) is 0 Å². The summed E-state index contributed by atoms with van der Waals surface area (Å²) in [5.74, 6) is 0.795. The SMILES string of the molecule is C[C@H]1CCC[C@]2(C)C[C@H]3OC(=O)[C@H](CNCc4ccncc4)[C@H]3C=C12. The third kappa shape index (κ3) is 3.12. The van der Waals surface area contributed by atoms with Crippen LogP contribution < -0.4 is 5.32 Å². The number of allylic oxidation sites excluding steroid dienone is 1. The molecule has 4 heteroatoms. The van der Waals surface area contributed by atoms with E-state index in [9.17, 15) is 4.79 Å². The predicted molar refractivity (Wildman–Crippen MR) is 96.6 cm³/mol. The molecular weight excluding hydrogens is 312 g/mol. The third-order valence-corrected chi connectivity index (χ3v) is 6.52. The molecule has 3 aliphatic rings. The van der Waals surface area contributed by atoms with Crippen molar-refractivity contribution in [1.29, 1.82) is 0 Å². The van der Waals surface area contributed by atoms with E-state index in [4.69, 9.17) is 4.74 Å². The molecule has 0 aromatic carbocycles. The molecule has 0 unspecified atom stereocenters. The molecule has 25 heavy (non-hydrogen) atoms. The Morgan fingerprint density at radius 3 is 2.96 bits per heavy atom. The highest BCUT2D eigenvalue weighted by Crippen LogP contribution is 2.53. The van der Waals surface area contributed by atoms with Crippen molar-refractivity contribution in [2.45, 2.75) is 52.2 Å². The molecule has 0 amide bonds. The second kappa shape index (κ2) is 6.56. The topological polar surface area (TPSA) is 51.2 Å². The van der Waals surface area contributed by atoms with Gasteiger partial charge in [0.25, 0.3) is 0 Å². The van der Waals surface area contributed by atoms with Gasteiger partial charge in [0.1, 0.15) is 6.10 Å². The summed E-state index contributed by atoms with van der Waals surface area (Å²) in [4.78, 5) is 16.5. The molecule has 0 radical (unpaired) electrons. The van der Waals surface area contributed by atoms with Crippen LogP contribution in [0.4, 0.5) is 0 Å². The molecule has 2 heterocycles. The first-order chi connectivity index (χ1) is 12.1. The molecular formula is C21H28N2O2. The van der Waals surface area contributed by atoms with Crippen molar-refractivity contribution in [2.24, 2.45) is 23.2 Å². The van der Waals surface area contributed by atoms with E-state index in [1.165, 1.54) is 24.8 Å². The number of hydrogen-bond donors (Lipinski definition) is 1. The Bertz CT molecular complexity index is 672. The van der Waals surface area contributed by atoms with Crippen molar-refractivity contribution in [1.82, 2.24) is 10.3 Å². The van der Waals surface area contributed by atoms with Gasteiger partial charge in [-0.15, -0.1) is 0 Å². The average Bonchev–Trinajstić information content (AvgIpc) is 2.88. The smallest absolute Gasteiger partial charge is 0.311 e. The van der Waals surface area contributed by atoms with Gasteiger partial charge in [-0.3, -0.25) is 9.78 Å². The fourth-order valence-corrected chi connectivity index (χ4v) is 5.15. The molecule has 2 fully saturated rings. The number of carbonyl (C=O) groups excluding carboxylic acids is 1. The molecule has 1 aromatic heterocycles. The molecule has 2 aliphatic carbocycles. The van der Waals surface area contributed by atoms with Crippen molar-refractivity contribution >= 4 is 5.97 Å². The van der Waals surface area contributed by atoms with Crippen LogP contribution >= 0.6 is 0 Å². The lowest BCUT2D eigenvalue weighted by Gasteiger charge is -2.46. The third-order valence-electron chi connectivity index (χ3n) is 6.52. The molecule has 1 aliphatic heterocycles. The maximum absolute atomic E-state index is 12.5. The standard InChI is InChI=1S/C21H28N2O2/c1-14-4-3-7-21(2)11-19-16(10-18(14)21)17(20(24)25-19)13-23-12-15-5-8-22-9-6-15/h5-6,8-10,14,16-17,19,23H,3-4,7,11-13H2,1-2H3/t14-,16+,17+,19+,21+/m0/s1. The Morgan fingerprint density at radius 2 is 2.16 bits per heavy atom. The Balaban J connectivity index is 1.47. The minimum atomic E-state index is -0.0574. The first kappa shape index (κ1) is 16.8. The second-order valence-electron chi connectivity index (χ2n) is 8.33. The number of rotatable bonds is 4. The van der Waals surface area contributed by atoms with Crippen LogP contribution in [0, 0.1) is 23.2 Å². The number of hydrogen-bond acceptors (Lipinski definition) is 4. The van der Waals surface area contributed by atoms with Crippen LogP contribution in [0.5, 0.6) is 0 Å². The fraction of sp³-hybridized carbons (Fsp3) is 0.619. The summed E-state index contributed by atoms with van der Waals surface area (Å²) in [6.07, 6.45) is 10.9. The van der Waals surface area contributed by atoms with Crippen LogP contribution in [0.2, 0.25) is 0 Å². The quantitative estimate of drug-likeness (QED) is 0.673. The average molecular weight is 340 g/mol. The van der Waals surface area contributed by atoms with E-state index in [-0.39, 0.29) is 29.3 Å². The lowest BCUT2D eigenvalue weighted by atomic mass is 9.59. The zero-order chi connectivity index (χ0) is 17.4. The van der Waals surface area contributed by atoms with E-state index in [0.717, 1.165) is 13.0 Å².